The van der Waals surface area contributed by atoms with Crippen LogP contribution in [0.25, 0.3) is 0 Å². The summed E-state index contributed by atoms with van der Waals surface area (Å²) < 4.78 is 0. The summed E-state index contributed by atoms with van der Waals surface area (Å²) in [6, 6.07) is 10.2. The van der Waals surface area contributed by atoms with Crippen molar-refractivity contribution in [3.63, 3.8) is 0 Å². The smallest absolute Gasteiger partial charge is 0.0796 e. The van der Waals surface area contributed by atoms with Crippen molar-refractivity contribution >= 4 is 0 Å². The van der Waals surface area contributed by atoms with Crippen molar-refractivity contribution in [1.82, 2.24) is 0 Å². The molecule has 1 rings (SSSR count). The van der Waals surface area contributed by atoms with E-state index in [4.69, 9.17) is 5.11 Å². The first-order valence-electron chi connectivity index (χ1n) is 5.07. The Labute approximate surface area is 85.2 Å². The minimum absolute atomic E-state index is 0.143. The summed E-state index contributed by atoms with van der Waals surface area (Å²) in [5.41, 5.74) is 1.28. The van der Waals surface area contributed by atoms with Gasteiger partial charge in [0, 0.05) is 0 Å². The van der Waals surface area contributed by atoms with Crippen LogP contribution in [0, 0.1) is 5.92 Å². The number of aliphatic hydroxyl groups is 2. The van der Waals surface area contributed by atoms with Gasteiger partial charge in [0.1, 0.15) is 0 Å². The van der Waals surface area contributed by atoms with Crippen LogP contribution in [0.1, 0.15) is 18.9 Å². The molecule has 0 saturated carbocycles. The average molecular weight is 194 g/mol. The van der Waals surface area contributed by atoms with E-state index in [0.29, 0.717) is 0 Å². The molecule has 2 heteroatoms. The van der Waals surface area contributed by atoms with E-state index in [1.54, 1.807) is 0 Å². The number of benzene rings is 1. The molecule has 0 aliphatic heterocycles. The van der Waals surface area contributed by atoms with Gasteiger partial charge in [-0.25, -0.2) is 0 Å². The standard InChI is InChI=1S/C12H18O2/c1-10(12(14)9-13)7-8-11-5-3-2-4-6-11/h2-6,10,12-14H,7-9H2,1H3/t10-,12+/m0/s1. The highest BCUT2D eigenvalue weighted by Crippen LogP contribution is 2.12. The van der Waals surface area contributed by atoms with Gasteiger partial charge in [0.15, 0.2) is 0 Å². The first-order valence-corrected chi connectivity index (χ1v) is 5.07. The molecular weight excluding hydrogens is 176 g/mol. The topological polar surface area (TPSA) is 40.5 Å². The molecule has 0 unspecified atom stereocenters. The quantitative estimate of drug-likeness (QED) is 0.747. The van der Waals surface area contributed by atoms with Crippen molar-refractivity contribution in [2.24, 2.45) is 5.92 Å². The minimum atomic E-state index is -0.585. The van der Waals surface area contributed by atoms with Gasteiger partial charge in [-0.1, -0.05) is 37.3 Å². The summed E-state index contributed by atoms with van der Waals surface area (Å²) in [6.07, 6.45) is 1.28. The SMILES string of the molecule is C[C@@H](CCc1ccccc1)[C@H](O)CO. The van der Waals surface area contributed by atoms with Crippen molar-refractivity contribution in [2.45, 2.75) is 25.9 Å². The van der Waals surface area contributed by atoms with Gasteiger partial charge in [-0.3, -0.25) is 0 Å². The summed E-state index contributed by atoms with van der Waals surface area (Å²) in [7, 11) is 0. The monoisotopic (exact) mass is 194 g/mol. The Morgan fingerprint density at radius 3 is 2.43 bits per heavy atom. The fourth-order valence-electron chi connectivity index (χ4n) is 1.41. The van der Waals surface area contributed by atoms with Crippen LogP contribution in [0.3, 0.4) is 0 Å². The average Bonchev–Trinajstić information content (AvgIpc) is 2.26. The van der Waals surface area contributed by atoms with E-state index in [-0.39, 0.29) is 12.5 Å². The van der Waals surface area contributed by atoms with Crippen molar-refractivity contribution in [3.05, 3.63) is 35.9 Å². The van der Waals surface area contributed by atoms with E-state index in [1.165, 1.54) is 5.56 Å². The van der Waals surface area contributed by atoms with Crippen LogP contribution in [0.15, 0.2) is 30.3 Å². The lowest BCUT2D eigenvalue weighted by Crippen LogP contribution is -2.22. The molecule has 0 aliphatic rings. The van der Waals surface area contributed by atoms with Gasteiger partial charge in [0.05, 0.1) is 12.7 Å². The maximum atomic E-state index is 9.35. The molecule has 0 spiro atoms. The van der Waals surface area contributed by atoms with Gasteiger partial charge in [0.25, 0.3) is 0 Å². The lowest BCUT2D eigenvalue weighted by Gasteiger charge is -2.16. The fourth-order valence-corrected chi connectivity index (χ4v) is 1.41. The second kappa shape index (κ2) is 5.78. The molecule has 0 fully saturated rings. The minimum Gasteiger partial charge on any atom is -0.394 e. The summed E-state index contributed by atoms with van der Waals surface area (Å²) in [5.74, 6) is 0.153. The Hall–Kier alpha value is -0.860. The largest absolute Gasteiger partial charge is 0.394 e. The van der Waals surface area contributed by atoms with Gasteiger partial charge < -0.3 is 10.2 Å². The number of hydrogen-bond acceptors (Lipinski definition) is 2. The molecule has 0 radical (unpaired) electrons. The molecule has 78 valence electrons. The predicted octanol–water partition coefficient (Wildman–Crippen LogP) is 1.61. The van der Waals surface area contributed by atoms with Crippen LogP contribution in [0.2, 0.25) is 0 Å². The lowest BCUT2D eigenvalue weighted by atomic mass is 9.96. The molecule has 0 aromatic heterocycles. The zero-order valence-corrected chi connectivity index (χ0v) is 8.56. The molecule has 14 heavy (non-hydrogen) atoms. The highest BCUT2D eigenvalue weighted by Gasteiger charge is 2.12. The van der Waals surface area contributed by atoms with Crippen LogP contribution in [-0.2, 0) is 6.42 Å². The third-order valence-electron chi connectivity index (χ3n) is 2.58. The van der Waals surface area contributed by atoms with Crippen LogP contribution in [0.5, 0.6) is 0 Å². The second-order valence-corrected chi connectivity index (χ2v) is 3.75. The van der Waals surface area contributed by atoms with Crippen molar-refractivity contribution < 1.29 is 10.2 Å². The van der Waals surface area contributed by atoms with Gasteiger partial charge in [-0.2, -0.15) is 0 Å². The summed E-state index contributed by atoms with van der Waals surface area (Å²) in [6.45, 7) is 1.82. The van der Waals surface area contributed by atoms with E-state index < -0.39 is 6.10 Å². The molecule has 0 heterocycles. The Morgan fingerprint density at radius 2 is 1.86 bits per heavy atom. The molecule has 0 amide bonds. The van der Waals surface area contributed by atoms with E-state index in [0.717, 1.165) is 12.8 Å². The van der Waals surface area contributed by atoms with Crippen LogP contribution < -0.4 is 0 Å². The van der Waals surface area contributed by atoms with Gasteiger partial charge in [-0.05, 0) is 24.3 Å². The van der Waals surface area contributed by atoms with Gasteiger partial charge in [0.2, 0.25) is 0 Å². The van der Waals surface area contributed by atoms with E-state index in [9.17, 15) is 5.11 Å². The maximum Gasteiger partial charge on any atom is 0.0796 e. The van der Waals surface area contributed by atoms with Crippen LogP contribution >= 0.6 is 0 Å². The summed E-state index contributed by atoms with van der Waals surface area (Å²) in [5, 5.41) is 18.1. The lowest BCUT2D eigenvalue weighted by molar-refractivity contribution is 0.0505. The first kappa shape index (κ1) is 11.2. The second-order valence-electron chi connectivity index (χ2n) is 3.75. The molecule has 0 bridgehead atoms. The molecule has 0 aliphatic carbocycles. The van der Waals surface area contributed by atoms with E-state index >= 15 is 0 Å². The number of hydrogen-bond donors (Lipinski definition) is 2. The third-order valence-corrected chi connectivity index (χ3v) is 2.58. The van der Waals surface area contributed by atoms with Gasteiger partial charge >= 0.3 is 0 Å². The fraction of sp³-hybridized carbons (Fsp3) is 0.500. The normalized spacial score (nSPS) is 15.1. The highest BCUT2D eigenvalue weighted by atomic mass is 16.3. The number of rotatable bonds is 5. The molecule has 1 aromatic carbocycles. The number of aryl methyl sites for hydroxylation is 1. The first-order chi connectivity index (χ1) is 6.74. The zero-order chi connectivity index (χ0) is 10.4. The predicted molar refractivity (Wildman–Crippen MR) is 57.0 cm³/mol. The van der Waals surface area contributed by atoms with Crippen LogP contribution in [0.4, 0.5) is 0 Å². The van der Waals surface area contributed by atoms with Crippen molar-refractivity contribution in [2.75, 3.05) is 6.61 Å². The van der Waals surface area contributed by atoms with Crippen molar-refractivity contribution in [3.8, 4) is 0 Å². The van der Waals surface area contributed by atoms with Crippen LogP contribution in [-0.4, -0.2) is 22.9 Å². The van der Waals surface area contributed by atoms with E-state index in [2.05, 4.69) is 12.1 Å². The van der Waals surface area contributed by atoms with Crippen molar-refractivity contribution in [1.29, 1.82) is 0 Å². The molecular formula is C12H18O2. The van der Waals surface area contributed by atoms with Gasteiger partial charge in [-0.15, -0.1) is 0 Å². The third kappa shape index (κ3) is 3.48. The Kier molecular flexibility index (Phi) is 4.63. The number of aliphatic hydroxyl groups excluding tert-OH is 2. The molecule has 2 nitrogen and oxygen atoms in total. The summed E-state index contributed by atoms with van der Waals surface area (Å²) in [4.78, 5) is 0. The molecule has 1 aromatic rings. The Balaban J connectivity index is 2.34. The Morgan fingerprint density at radius 1 is 1.21 bits per heavy atom. The van der Waals surface area contributed by atoms with E-state index in [1.807, 2.05) is 25.1 Å². The maximum absolute atomic E-state index is 9.35. The Bertz CT molecular complexity index is 246. The molecule has 2 atom stereocenters. The zero-order valence-electron chi connectivity index (χ0n) is 8.56. The molecule has 0 saturated heterocycles. The highest BCUT2D eigenvalue weighted by molar-refractivity contribution is 5.14. The summed E-state index contributed by atoms with van der Waals surface area (Å²) >= 11 is 0. The molecule has 2 N–H and O–H groups in total.